The second-order valence-corrected chi connectivity index (χ2v) is 2.98. The molecule has 0 amide bonds. The van der Waals surface area contributed by atoms with Gasteiger partial charge in [0.1, 0.15) is 0 Å². The highest BCUT2D eigenvalue weighted by molar-refractivity contribution is 5.31. The lowest BCUT2D eigenvalue weighted by Gasteiger charge is -2.01. The molecule has 11 heavy (non-hydrogen) atoms. The van der Waals surface area contributed by atoms with E-state index < -0.39 is 0 Å². The Bertz CT molecular complexity index is 227. The SMILES string of the molecule is C=C(C)C(C)=CC1C=CC=C1. The van der Waals surface area contributed by atoms with E-state index in [1.807, 2.05) is 6.92 Å². The molecule has 0 N–H and O–H groups in total. The van der Waals surface area contributed by atoms with E-state index in [9.17, 15) is 0 Å². The summed E-state index contributed by atoms with van der Waals surface area (Å²) in [5.74, 6) is 0.492. The molecule has 1 rings (SSSR count). The Labute approximate surface area is 68.6 Å². The maximum atomic E-state index is 3.88. The summed E-state index contributed by atoms with van der Waals surface area (Å²) in [6.45, 7) is 8.02. The highest BCUT2D eigenvalue weighted by atomic mass is 14.0. The highest BCUT2D eigenvalue weighted by Gasteiger charge is 1.99. The van der Waals surface area contributed by atoms with E-state index in [-0.39, 0.29) is 0 Å². The summed E-state index contributed by atoms with van der Waals surface area (Å²) in [4.78, 5) is 0. The van der Waals surface area contributed by atoms with Crippen molar-refractivity contribution in [2.24, 2.45) is 5.92 Å². The summed E-state index contributed by atoms with van der Waals surface area (Å²) in [5.41, 5.74) is 2.44. The minimum Gasteiger partial charge on any atom is -0.0959 e. The van der Waals surface area contributed by atoms with Crippen molar-refractivity contribution < 1.29 is 0 Å². The van der Waals surface area contributed by atoms with Gasteiger partial charge in [0.05, 0.1) is 0 Å². The molecule has 0 aromatic rings. The molecule has 0 fully saturated rings. The van der Waals surface area contributed by atoms with E-state index in [1.165, 1.54) is 5.57 Å². The van der Waals surface area contributed by atoms with E-state index in [0.29, 0.717) is 5.92 Å². The van der Waals surface area contributed by atoms with Crippen LogP contribution in [0.1, 0.15) is 13.8 Å². The van der Waals surface area contributed by atoms with Crippen LogP contribution in [0.3, 0.4) is 0 Å². The third kappa shape index (κ3) is 2.23. The molecule has 0 atom stereocenters. The van der Waals surface area contributed by atoms with Crippen LogP contribution >= 0.6 is 0 Å². The Kier molecular flexibility index (Phi) is 2.48. The number of allylic oxidation sites excluding steroid dienone is 7. The molecule has 0 aromatic heterocycles. The predicted molar refractivity (Wildman–Crippen MR) is 50.3 cm³/mol. The van der Waals surface area contributed by atoms with Crippen LogP contribution < -0.4 is 0 Å². The fraction of sp³-hybridized carbons (Fsp3) is 0.273. The van der Waals surface area contributed by atoms with Gasteiger partial charge in [-0.2, -0.15) is 0 Å². The molecule has 1 aliphatic rings. The van der Waals surface area contributed by atoms with Crippen molar-refractivity contribution >= 4 is 0 Å². The van der Waals surface area contributed by atoms with Crippen LogP contribution in [-0.2, 0) is 0 Å². The number of hydrogen-bond donors (Lipinski definition) is 0. The van der Waals surface area contributed by atoms with Crippen LogP contribution in [0.2, 0.25) is 0 Å². The van der Waals surface area contributed by atoms with Crippen LogP contribution in [0.4, 0.5) is 0 Å². The maximum absolute atomic E-state index is 3.88. The predicted octanol–water partition coefficient (Wildman–Crippen LogP) is 3.25. The molecule has 58 valence electrons. The molecule has 0 nitrogen and oxygen atoms in total. The summed E-state index contributed by atoms with van der Waals surface area (Å²) in [5, 5.41) is 0. The molecule has 0 unspecified atom stereocenters. The van der Waals surface area contributed by atoms with Gasteiger partial charge < -0.3 is 0 Å². The van der Waals surface area contributed by atoms with Crippen molar-refractivity contribution in [3.63, 3.8) is 0 Å². The zero-order chi connectivity index (χ0) is 8.27. The van der Waals surface area contributed by atoms with Crippen LogP contribution in [-0.4, -0.2) is 0 Å². The molecular formula is C11H14. The van der Waals surface area contributed by atoms with E-state index >= 15 is 0 Å². The Morgan fingerprint density at radius 1 is 1.27 bits per heavy atom. The molecular weight excluding hydrogens is 132 g/mol. The van der Waals surface area contributed by atoms with E-state index in [0.717, 1.165) is 5.57 Å². The van der Waals surface area contributed by atoms with Gasteiger partial charge >= 0.3 is 0 Å². The summed E-state index contributed by atoms with van der Waals surface area (Å²) < 4.78 is 0. The first-order valence-electron chi connectivity index (χ1n) is 3.89. The van der Waals surface area contributed by atoms with Gasteiger partial charge in [0.2, 0.25) is 0 Å². The average molecular weight is 146 g/mol. The molecule has 0 heteroatoms. The van der Waals surface area contributed by atoms with Crippen molar-refractivity contribution in [2.45, 2.75) is 13.8 Å². The van der Waals surface area contributed by atoms with Crippen LogP contribution in [0.25, 0.3) is 0 Å². The zero-order valence-corrected chi connectivity index (χ0v) is 7.17. The van der Waals surface area contributed by atoms with Crippen molar-refractivity contribution in [3.8, 4) is 0 Å². The van der Waals surface area contributed by atoms with Crippen molar-refractivity contribution in [1.82, 2.24) is 0 Å². The first-order valence-corrected chi connectivity index (χ1v) is 3.89. The van der Waals surface area contributed by atoms with Gasteiger partial charge in [0.25, 0.3) is 0 Å². The summed E-state index contributed by atoms with van der Waals surface area (Å²) in [6, 6.07) is 0. The number of rotatable bonds is 2. The number of hydrogen-bond acceptors (Lipinski definition) is 0. The molecule has 0 aromatic carbocycles. The van der Waals surface area contributed by atoms with Gasteiger partial charge in [-0.1, -0.05) is 48.1 Å². The van der Waals surface area contributed by atoms with Gasteiger partial charge in [-0.15, -0.1) is 0 Å². The van der Waals surface area contributed by atoms with Gasteiger partial charge in [-0.25, -0.2) is 0 Å². The lowest BCUT2D eigenvalue weighted by molar-refractivity contribution is 1.07. The van der Waals surface area contributed by atoms with Crippen molar-refractivity contribution in [1.29, 1.82) is 0 Å². The second-order valence-electron chi connectivity index (χ2n) is 2.98. The highest BCUT2D eigenvalue weighted by Crippen LogP contribution is 2.15. The minimum absolute atomic E-state index is 0.492. The summed E-state index contributed by atoms with van der Waals surface area (Å²) >= 11 is 0. The molecule has 1 aliphatic carbocycles. The van der Waals surface area contributed by atoms with Gasteiger partial charge in [-0.05, 0) is 13.8 Å². The molecule has 0 saturated heterocycles. The zero-order valence-electron chi connectivity index (χ0n) is 7.17. The van der Waals surface area contributed by atoms with Crippen LogP contribution in [0.15, 0.2) is 48.1 Å². The van der Waals surface area contributed by atoms with E-state index in [2.05, 4.69) is 43.9 Å². The average Bonchev–Trinajstić information content (AvgIpc) is 2.39. The molecule has 0 spiro atoms. The third-order valence-corrected chi connectivity index (χ3v) is 1.89. The Balaban J connectivity index is 2.64. The lowest BCUT2D eigenvalue weighted by atomic mass is 10.0. The molecule has 0 saturated carbocycles. The van der Waals surface area contributed by atoms with Crippen LogP contribution in [0.5, 0.6) is 0 Å². The second kappa shape index (κ2) is 3.38. The summed E-state index contributed by atoms with van der Waals surface area (Å²) in [6.07, 6.45) is 10.7. The smallest absolute Gasteiger partial charge is 0.0139 e. The van der Waals surface area contributed by atoms with Gasteiger partial charge in [0.15, 0.2) is 0 Å². The molecule has 0 radical (unpaired) electrons. The first-order chi connectivity index (χ1) is 5.20. The quantitative estimate of drug-likeness (QED) is 0.524. The summed E-state index contributed by atoms with van der Waals surface area (Å²) in [7, 11) is 0. The lowest BCUT2D eigenvalue weighted by Crippen LogP contribution is -1.85. The Hall–Kier alpha value is -1.04. The Morgan fingerprint density at radius 2 is 1.82 bits per heavy atom. The molecule has 0 bridgehead atoms. The Morgan fingerprint density at radius 3 is 2.27 bits per heavy atom. The molecule has 0 heterocycles. The van der Waals surface area contributed by atoms with Crippen molar-refractivity contribution in [3.05, 3.63) is 48.1 Å². The topological polar surface area (TPSA) is 0 Å². The largest absolute Gasteiger partial charge is 0.0959 e. The standard InChI is InChI=1S/C11H14/c1-9(2)10(3)8-11-6-4-5-7-11/h4-8,11H,1H2,2-3H3. The minimum atomic E-state index is 0.492. The van der Waals surface area contributed by atoms with Crippen molar-refractivity contribution in [2.75, 3.05) is 0 Å². The first kappa shape index (κ1) is 8.06. The van der Waals surface area contributed by atoms with Crippen LogP contribution in [0, 0.1) is 5.92 Å². The van der Waals surface area contributed by atoms with E-state index in [4.69, 9.17) is 0 Å². The third-order valence-electron chi connectivity index (χ3n) is 1.89. The van der Waals surface area contributed by atoms with Gasteiger partial charge in [-0.3, -0.25) is 0 Å². The normalized spacial score (nSPS) is 17.8. The van der Waals surface area contributed by atoms with E-state index in [1.54, 1.807) is 0 Å². The fourth-order valence-electron chi connectivity index (χ4n) is 0.991. The molecule has 0 aliphatic heterocycles. The van der Waals surface area contributed by atoms with Gasteiger partial charge in [0, 0.05) is 5.92 Å². The maximum Gasteiger partial charge on any atom is 0.0139 e. The fourth-order valence-corrected chi connectivity index (χ4v) is 0.991. The monoisotopic (exact) mass is 146 g/mol.